The molecule has 2 aromatic rings. The number of fused-ring (bicyclic) bond motifs is 1. The van der Waals surface area contributed by atoms with Gasteiger partial charge in [0.1, 0.15) is 12.8 Å². The average Bonchev–Trinajstić information content (AvgIpc) is 2.71. The molecule has 3 rings (SSSR count). The first-order valence-corrected chi connectivity index (χ1v) is 9.59. The maximum absolute atomic E-state index is 13.2. The van der Waals surface area contributed by atoms with Gasteiger partial charge in [0, 0.05) is 11.7 Å². The Bertz CT molecular complexity index is 878. The van der Waals surface area contributed by atoms with Crippen LogP contribution in [0.4, 0.5) is 5.69 Å². The van der Waals surface area contributed by atoms with Crippen molar-refractivity contribution >= 4 is 11.6 Å². The molecule has 1 N–H and O–H groups in total. The zero-order valence-corrected chi connectivity index (χ0v) is 17.0. The lowest BCUT2D eigenvalue weighted by molar-refractivity contribution is 0.0593. The summed E-state index contributed by atoms with van der Waals surface area (Å²) in [5.74, 6) is 1.33. The molecule has 1 amide bonds. The molecule has 2 atom stereocenters. The summed E-state index contributed by atoms with van der Waals surface area (Å²) in [6.45, 7) is 10.4. The average molecular weight is 380 g/mol. The van der Waals surface area contributed by atoms with Gasteiger partial charge in [-0.15, -0.1) is 0 Å². The Hall–Kier alpha value is -2.95. The van der Waals surface area contributed by atoms with E-state index in [1.165, 1.54) is 0 Å². The second-order valence-corrected chi connectivity index (χ2v) is 7.22. The lowest BCUT2D eigenvalue weighted by Crippen LogP contribution is -2.47. The van der Waals surface area contributed by atoms with Crippen molar-refractivity contribution in [2.75, 3.05) is 19.0 Å². The lowest BCUT2D eigenvalue weighted by Gasteiger charge is -2.41. The highest BCUT2D eigenvalue weighted by Gasteiger charge is 2.35. The van der Waals surface area contributed by atoms with Crippen LogP contribution in [0.2, 0.25) is 0 Å². The largest absolute Gasteiger partial charge is 0.493 e. The summed E-state index contributed by atoms with van der Waals surface area (Å²) in [6.07, 6.45) is 0.588. The van der Waals surface area contributed by atoms with E-state index >= 15 is 0 Å². The number of carbonyl (C=O) groups excluding carboxylic acids is 1. The minimum atomic E-state index is -0.276. The number of amides is 1. The smallest absolute Gasteiger partial charge is 0.258 e. The number of para-hydroxylation sites is 1. The van der Waals surface area contributed by atoms with Gasteiger partial charge in [-0.1, -0.05) is 31.7 Å². The van der Waals surface area contributed by atoms with Crippen molar-refractivity contribution in [3.05, 3.63) is 65.7 Å². The second kappa shape index (κ2) is 8.38. The Morgan fingerprint density at radius 3 is 2.68 bits per heavy atom. The van der Waals surface area contributed by atoms with Crippen molar-refractivity contribution in [3.8, 4) is 11.5 Å². The molecule has 1 heterocycles. The van der Waals surface area contributed by atoms with E-state index in [0.29, 0.717) is 23.7 Å². The fourth-order valence-electron chi connectivity index (χ4n) is 3.34. The summed E-state index contributed by atoms with van der Waals surface area (Å²) in [4.78, 5) is 15.1. The van der Waals surface area contributed by atoms with Gasteiger partial charge < -0.3 is 19.7 Å². The molecule has 148 valence electrons. The molecule has 1 aliphatic heterocycles. The first-order valence-electron chi connectivity index (χ1n) is 9.59. The van der Waals surface area contributed by atoms with Gasteiger partial charge >= 0.3 is 0 Å². The third-order valence-corrected chi connectivity index (χ3v) is 5.01. The van der Waals surface area contributed by atoms with E-state index in [-0.39, 0.29) is 18.1 Å². The molecule has 5 nitrogen and oxygen atoms in total. The monoisotopic (exact) mass is 380 g/mol. The second-order valence-electron chi connectivity index (χ2n) is 7.22. The topological polar surface area (TPSA) is 50.8 Å². The fraction of sp³-hybridized carbons (Fsp3) is 0.348. The van der Waals surface area contributed by atoms with Crippen LogP contribution in [-0.4, -0.2) is 30.6 Å². The molecule has 0 saturated heterocycles. The zero-order valence-electron chi connectivity index (χ0n) is 17.0. The van der Waals surface area contributed by atoms with E-state index in [1.807, 2.05) is 54.3 Å². The van der Waals surface area contributed by atoms with Gasteiger partial charge in [0.2, 0.25) is 0 Å². The van der Waals surface area contributed by atoms with Gasteiger partial charge in [0.05, 0.1) is 12.7 Å². The molecule has 2 unspecified atom stereocenters. The number of benzene rings is 2. The molecule has 2 aromatic carbocycles. The molecule has 0 saturated carbocycles. The Kier molecular flexibility index (Phi) is 5.93. The number of methoxy groups -OCH3 is 1. The number of rotatable bonds is 7. The van der Waals surface area contributed by atoms with E-state index in [1.54, 1.807) is 7.11 Å². The van der Waals surface area contributed by atoms with Crippen molar-refractivity contribution in [2.24, 2.45) is 0 Å². The molecule has 0 radical (unpaired) electrons. The molecule has 5 heteroatoms. The first kappa shape index (κ1) is 19.8. The number of nitrogens with zero attached hydrogens (tertiary/aromatic N) is 1. The van der Waals surface area contributed by atoms with E-state index in [9.17, 15) is 4.79 Å². The Morgan fingerprint density at radius 2 is 2.00 bits per heavy atom. The van der Waals surface area contributed by atoms with Crippen LogP contribution in [0.3, 0.4) is 0 Å². The fourth-order valence-corrected chi connectivity index (χ4v) is 3.34. The molecular formula is C23H28N2O3. The molecule has 0 spiro atoms. The summed E-state index contributed by atoms with van der Waals surface area (Å²) in [7, 11) is 1.62. The van der Waals surface area contributed by atoms with Gasteiger partial charge in [0.25, 0.3) is 5.91 Å². The van der Waals surface area contributed by atoms with E-state index in [4.69, 9.17) is 9.47 Å². The first-order chi connectivity index (χ1) is 13.5. The molecule has 0 aromatic heterocycles. The van der Waals surface area contributed by atoms with Crippen molar-refractivity contribution in [1.82, 2.24) is 4.90 Å². The predicted molar refractivity (Wildman–Crippen MR) is 112 cm³/mol. The third kappa shape index (κ3) is 3.84. The van der Waals surface area contributed by atoms with Crippen molar-refractivity contribution < 1.29 is 14.3 Å². The Morgan fingerprint density at radius 1 is 1.25 bits per heavy atom. The van der Waals surface area contributed by atoms with E-state index in [2.05, 4.69) is 25.7 Å². The molecule has 0 bridgehead atoms. The van der Waals surface area contributed by atoms with Crippen molar-refractivity contribution in [3.63, 3.8) is 0 Å². The van der Waals surface area contributed by atoms with Crippen LogP contribution in [0.5, 0.6) is 11.5 Å². The maximum atomic E-state index is 13.2. The highest BCUT2D eigenvalue weighted by atomic mass is 16.5. The van der Waals surface area contributed by atoms with Crippen LogP contribution in [0.15, 0.2) is 54.6 Å². The minimum Gasteiger partial charge on any atom is -0.493 e. The number of hydrogen-bond acceptors (Lipinski definition) is 4. The molecule has 1 aliphatic rings. The van der Waals surface area contributed by atoms with Gasteiger partial charge in [-0.05, 0) is 55.7 Å². The molecule has 28 heavy (non-hydrogen) atoms. The van der Waals surface area contributed by atoms with E-state index < -0.39 is 0 Å². The molecule has 0 aliphatic carbocycles. The van der Waals surface area contributed by atoms with Crippen molar-refractivity contribution in [2.45, 2.75) is 39.4 Å². The normalized spacial score (nSPS) is 16.8. The molecular weight excluding hydrogens is 352 g/mol. The predicted octanol–water partition coefficient (Wildman–Crippen LogP) is 5.02. The maximum Gasteiger partial charge on any atom is 0.258 e. The quantitative estimate of drug-likeness (QED) is 0.686. The van der Waals surface area contributed by atoms with Gasteiger partial charge in [-0.25, -0.2) is 0 Å². The number of hydrogen-bond donors (Lipinski definition) is 1. The summed E-state index contributed by atoms with van der Waals surface area (Å²) in [5, 5.41) is 3.52. The highest BCUT2D eigenvalue weighted by molar-refractivity contribution is 6.01. The van der Waals surface area contributed by atoms with Crippen LogP contribution in [0.1, 0.15) is 49.3 Å². The number of nitrogens with one attached hydrogen (secondary N) is 1. The summed E-state index contributed by atoms with van der Waals surface area (Å²) in [6, 6.07) is 13.5. The van der Waals surface area contributed by atoms with Gasteiger partial charge in [0.15, 0.2) is 11.5 Å². The third-order valence-electron chi connectivity index (χ3n) is 5.01. The van der Waals surface area contributed by atoms with Crippen LogP contribution in [-0.2, 0) is 0 Å². The van der Waals surface area contributed by atoms with Gasteiger partial charge in [-0.2, -0.15) is 0 Å². The van der Waals surface area contributed by atoms with Crippen LogP contribution < -0.4 is 14.8 Å². The summed E-state index contributed by atoms with van der Waals surface area (Å²) >= 11 is 0. The number of anilines is 1. The van der Waals surface area contributed by atoms with Crippen LogP contribution in [0, 0.1) is 0 Å². The van der Waals surface area contributed by atoms with Gasteiger partial charge in [-0.3, -0.25) is 4.79 Å². The van der Waals surface area contributed by atoms with Crippen LogP contribution in [0.25, 0.3) is 0 Å². The van der Waals surface area contributed by atoms with Crippen LogP contribution >= 0.6 is 0 Å². The van der Waals surface area contributed by atoms with E-state index in [0.717, 1.165) is 23.2 Å². The Balaban J connectivity index is 2.00. The highest BCUT2D eigenvalue weighted by Crippen LogP contribution is 2.38. The number of carbonyl (C=O) groups is 1. The lowest BCUT2D eigenvalue weighted by atomic mass is 10.0. The minimum absolute atomic E-state index is 0.0373. The SMILES string of the molecule is C=C(C)COc1ccc(C2Nc3ccccc3C(=O)N2C(C)CC)cc1OC. The standard InChI is InChI=1S/C23H28N2O3/c1-6-16(4)25-22(24-19-10-8-7-9-18(19)23(25)26)17-11-12-20(21(13-17)27-5)28-14-15(2)3/h7-13,16,22,24H,2,6,14H2,1,3-5H3. The summed E-state index contributed by atoms with van der Waals surface area (Å²) in [5.41, 5.74) is 3.43. The van der Waals surface area contributed by atoms with Crippen molar-refractivity contribution in [1.29, 1.82) is 0 Å². The summed E-state index contributed by atoms with van der Waals surface area (Å²) < 4.78 is 11.3. The Labute approximate surface area is 167 Å². The number of ether oxygens (including phenoxy) is 2. The molecule has 0 fully saturated rings. The zero-order chi connectivity index (χ0) is 20.3.